The van der Waals surface area contributed by atoms with Gasteiger partial charge in [-0.05, 0) is 37.3 Å². The number of H-pyrrole nitrogens is 1. The summed E-state index contributed by atoms with van der Waals surface area (Å²) in [7, 11) is -3.13. The lowest BCUT2D eigenvalue weighted by Gasteiger charge is -2.15. The predicted octanol–water partition coefficient (Wildman–Crippen LogP) is 4.27. The van der Waals surface area contributed by atoms with Crippen LogP contribution in [0, 0.1) is 12.3 Å². The van der Waals surface area contributed by atoms with Crippen molar-refractivity contribution in [2.75, 3.05) is 6.61 Å². The van der Waals surface area contributed by atoms with Gasteiger partial charge in [-0.1, -0.05) is 12.0 Å². The first-order valence-corrected chi connectivity index (χ1v) is 11.7. The number of benzene rings is 2. The number of hydrogen-bond acceptors (Lipinski definition) is 5. The largest absolute Gasteiger partial charge is 0.493 e. The van der Waals surface area contributed by atoms with E-state index in [0.717, 1.165) is 17.1 Å². The minimum atomic E-state index is -4.94. The highest BCUT2D eigenvalue weighted by molar-refractivity contribution is 7.86. The average Bonchev–Trinajstić information content (AvgIpc) is 3.21. The maximum atomic E-state index is 13.6. The van der Waals surface area contributed by atoms with Gasteiger partial charge >= 0.3 is 10.2 Å². The molecule has 0 aliphatic heterocycles. The van der Waals surface area contributed by atoms with Crippen molar-refractivity contribution in [2.45, 2.75) is 11.8 Å². The molecule has 5 aromatic rings. The summed E-state index contributed by atoms with van der Waals surface area (Å²) in [5, 5.41) is 1.70. The first kappa shape index (κ1) is 21.7. The molecule has 0 radical (unpaired) electrons. The molecule has 5 rings (SSSR count). The first-order valence-electron chi connectivity index (χ1n) is 10.3. The van der Waals surface area contributed by atoms with Crippen LogP contribution in [0.1, 0.15) is 12.5 Å². The van der Waals surface area contributed by atoms with Crippen molar-refractivity contribution in [1.29, 1.82) is 0 Å². The third-order valence-corrected chi connectivity index (χ3v) is 6.60. The fraction of sp³-hybridized carbons (Fsp3) is 0.120. The Hall–Kier alpha value is -4.16. The van der Waals surface area contributed by atoms with Gasteiger partial charge in [-0.3, -0.25) is 9.78 Å². The molecule has 0 saturated heterocycles. The SMILES string of the molecule is C#Cc1ccc2c(c1)[nH]c1c2c(=O)c2cc(OCC)c(-c3cncc(S(=O)(=O)F)c3)cc2n1C. The quantitative estimate of drug-likeness (QED) is 0.309. The standard InChI is InChI=1S/C25H18FN3O4S/c1-4-14-6-7-17-20(8-14)28-25-23(17)24(30)19-11-22(33-5-2)18(10-21(19)29(25)3)15-9-16(13-27-12-15)34(26,31)32/h1,6-13,28H,5H2,2-3H3. The third-order valence-electron chi connectivity index (χ3n) is 5.82. The molecule has 0 fully saturated rings. The first-order chi connectivity index (χ1) is 16.2. The van der Waals surface area contributed by atoms with Crippen LogP contribution in [0.2, 0.25) is 0 Å². The molecule has 1 N–H and O–H groups in total. The van der Waals surface area contributed by atoms with Crippen LogP contribution in [0.15, 0.2) is 58.5 Å². The van der Waals surface area contributed by atoms with Crippen molar-refractivity contribution in [2.24, 2.45) is 7.05 Å². The maximum absolute atomic E-state index is 13.6. The van der Waals surface area contributed by atoms with Gasteiger partial charge in [0.25, 0.3) is 0 Å². The average molecular weight is 476 g/mol. The second kappa shape index (κ2) is 7.71. The van der Waals surface area contributed by atoms with Crippen molar-refractivity contribution < 1.29 is 17.0 Å². The number of hydrogen-bond donors (Lipinski definition) is 1. The van der Waals surface area contributed by atoms with Gasteiger partial charge in [-0.25, -0.2) is 0 Å². The molecule has 9 heteroatoms. The summed E-state index contributed by atoms with van der Waals surface area (Å²) in [6, 6.07) is 9.94. The van der Waals surface area contributed by atoms with E-state index in [0.29, 0.717) is 51.0 Å². The van der Waals surface area contributed by atoms with Crippen molar-refractivity contribution in [1.82, 2.24) is 14.5 Å². The molecule has 2 aromatic carbocycles. The van der Waals surface area contributed by atoms with Crippen molar-refractivity contribution in [3.05, 3.63) is 64.6 Å². The molecule has 0 aliphatic rings. The van der Waals surface area contributed by atoms with Crippen molar-refractivity contribution in [3.8, 4) is 29.2 Å². The van der Waals surface area contributed by atoms with E-state index in [9.17, 15) is 17.1 Å². The Balaban J connectivity index is 1.88. The lowest BCUT2D eigenvalue weighted by atomic mass is 10.0. The Morgan fingerprint density at radius 2 is 1.97 bits per heavy atom. The van der Waals surface area contributed by atoms with Gasteiger partial charge in [0.1, 0.15) is 16.3 Å². The number of aryl methyl sites for hydroxylation is 1. The Morgan fingerprint density at radius 1 is 1.18 bits per heavy atom. The van der Waals surface area contributed by atoms with E-state index in [1.54, 1.807) is 25.1 Å². The smallest absolute Gasteiger partial charge is 0.333 e. The lowest BCUT2D eigenvalue weighted by molar-refractivity contribution is 0.342. The van der Waals surface area contributed by atoms with Crippen molar-refractivity contribution in [3.63, 3.8) is 0 Å². The van der Waals surface area contributed by atoms with Crippen LogP contribution in [-0.2, 0) is 17.3 Å². The summed E-state index contributed by atoms with van der Waals surface area (Å²) in [5.41, 5.74) is 3.25. The molecule has 3 heterocycles. The molecule has 3 aromatic heterocycles. The number of nitrogens with one attached hydrogen (secondary N) is 1. The summed E-state index contributed by atoms with van der Waals surface area (Å²) >= 11 is 0. The van der Waals surface area contributed by atoms with Crippen LogP contribution in [0.5, 0.6) is 5.75 Å². The number of ether oxygens (including phenoxy) is 1. The van der Waals surface area contributed by atoms with Gasteiger partial charge in [-0.2, -0.15) is 8.42 Å². The second-order valence-electron chi connectivity index (χ2n) is 7.79. The number of terminal acetylenes is 1. The number of pyridine rings is 2. The molecule has 0 saturated carbocycles. The highest BCUT2D eigenvalue weighted by atomic mass is 32.3. The Morgan fingerprint density at radius 3 is 2.68 bits per heavy atom. The third kappa shape index (κ3) is 3.31. The number of rotatable bonds is 4. The zero-order chi connectivity index (χ0) is 24.2. The Labute approximate surface area is 194 Å². The molecule has 0 amide bonds. The van der Waals surface area contributed by atoms with Gasteiger partial charge in [0, 0.05) is 47.0 Å². The van der Waals surface area contributed by atoms with Crippen LogP contribution >= 0.6 is 0 Å². The monoisotopic (exact) mass is 475 g/mol. The van der Waals surface area contributed by atoms with Gasteiger partial charge in [0.2, 0.25) is 0 Å². The molecule has 170 valence electrons. The highest BCUT2D eigenvalue weighted by Crippen LogP contribution is 2.36. The predicted molar refractivity (Wildman–Crippen MR) is 129 cm³/mol. The normalized spacial score (nSPS) is 11.8. The van der Waals surface area contributed by atoms with E-state index in [2.05, 4.69) is 15.9 Å². The Bertz CT molecular complexity index is 1850. The number of halogens is 1. The number of nitrogens with zero attached hydrogens (tertiary/aromatic N) is 2. The van der Waals surface area contributed by atoms with E-state index in [1.165, 1.54) is 12.3 Å². The number of aromatic amines is 1. The molecular formula is C25H18FN3O4S. The molecule has 0 bridgehead atoms. The van der Waals surface area contributed by atoms with E-state index < -0.39 is 15.1 Å². The van der Waals surface area contributed by atoms with Gasteiger partial charge in [0.05, 0.1) is 22.9 Å². The number of fused-ring (bicyclic) bond motifs is 4. The van der Waals surface area contributed by atoms with Gasteiger partial charge in [0.15, 0.2) is 5.43 Å². The molecular weight excluding hydrogens is 457 g/mol. The fourth-order valence-corrected chi connectivity index (χ4v) is 4.69. The molecule has 0 aliphatic carbocycles. The Kier molecular flexibility index (Phi) is 4.92. The van der Waals surface area contributed by atoms with Crippen LogP contribution < -0.4 is 10.2 Å². The molecule has 0 unspecified atom stereocenters. The molecule has 34 heavy (non-hydrogen) atoms. The highest BCUT2D eigenvalue weighted by Gasteiger charge is 2.20. The lowest BCUT2D eigenvalue weighted by Crippen LogP contribution is -2.09. The molecule has 0 atom stereocenters. The minimum absolute atomic E-state index is 0.187. The van der Waals surface area contributed by atoms with E-state index in [-0.39, 0.29) is 5.43 Å². The van der Waals surface area contributed by atoms with E-state index in [4.69, 9.17) is 11.2 Å². The zero-order valence-corrected chi connectivity index (χ0v) is 19.0. The van der Waals surface area contributed by atoms with Gasteiger partial charge in [-0.15, -0.1) is 10.3 Å². The van der Waals surface area contributed by atoms with Crippen LogP contribution in [0.25, 0.3) is 44.0 Å². The minimum Gasteiger partial charge on any atom is -0.493 e. The summed E-state index contributed by atoms with van der Waals surface area (Å²) in [4.78, 5) is 20.2. The summed E-state index contributed by atoms with van der Waals surface area (Å²) in [6.45, 7) is 2.09. The summed E-state index contributed by atoms with van der Waals surface area (Å²) in [6.07, 6.45) is 7.87. The second-order valence-corrected chi connectivity index (χ2v) is 9.13. The summed E-state index contributed by atoms with van der Waals surface area (Å²) < 4.78 is 44.1. The van der Waals surface area contributed by atoms with Crippen LogP contribution in [-0.4, -0.2) is 29.6 Å². The fourth-order valence-electron chi connectivity index (χ4n) is 4.24. The molecule has 7 nitrogen and oxygen atoms in total. The molecule has 0 spiro atoms. The van der Waals surface area contributed by atoms with Crippen molar-refractivity contribution >= 4 is 43.1 Å². The van der Waals surface area contributed by atoms with Crippen LogP contribution in [0.4, 0.5) is 3.89 Å². The van der Waals surface area contributed by atoms with E-state index >= 15 is 0 Å². The maximum Gasteiger partial charge on any atom is 0.333 e. The topological polar surface area (TPSA) is 94.1 Å². The zero-order valence-electron chi connectivity index (χ0n) is 18.2. The van der Waals surface area contributed by atoms with E-state index in [1.807, 2.05) is 23.7 Å². The summed E-state index contributed by atoms with van der Waals surface area (Å²) in [5.74, 6) is 2.95. The number of aromatic nitrogens is 3. The van der Waals surface area contributed by atoms with Gasteiger partial charge < -0.3 is 14.3 Å². The van der Waals surface area contributed by atoms with Crippen LogP contribution in [0.3, 0.4) is 0 Å².